The largest absolute Gasteiger partial charge is 0.347 e. The number of benzene rings is 2. The van der Waals surface area contributed by atoms with Crippen molar-refractivity contribution in [3.05, 3.63) is 88.7 Å². The van der Waals surface area contributed by atoms with E-state index < -0.39 is 0 Å². The molecule has 0 atom stereocenters. The van der Waals surface area contributed by atoms with Gasteiger partial charge in [-0.1, -0.05) is 54.6 Å². The standard InChI is InChI=1S/C21H17N3OS/c25-21(20-12-19(23-24-20)15-6-2-1-3-7-15)22-13-16-8-4-5-9-18(16)17-10-11-26-14-17/h1-12,14H,13H2,(H,22,25)(H,23,24). The molecule has 5 heteroatoms. The van der Waals surface area contributed by atoms with Crippen LogP contribution in [0, 0.1) is 0 Å². The van der Waals surface area contributed by atoms with Crippen LogP contribution in [-0.2, 0) is 6.54 Å². The molecule has 0 aliphatic heterocycles. The quantitative estimate of drug-likeness (QED) is 0.541. The van der Waals surface area contributed by atoms with Crippen molar-refractivity contribution in [3.8, 4) is 22.4 Å². The van der Waals surface area contributed by atoms with E-state index in [-0.39, 0.29) is 5.91 Å². The van der Waals surface area contributed by atoms with Gasteiger partial charge in [0.05, 0.1) is 5.69 Å². The highest BCUT2D eigenvalue weighted by atomic mass is 32.1. The van der Waals surface area contributed by atoms with Crippen molar-refractivity contribution >= 4 is 17.2 Å². The van der Waals surface area contributed by atoms with Crippen LogP contribution in [0.3, 0.4) is 0 Å². The summed E-state index contributed by atoms with van der Waals surface area (Å²) in [7, 11) is 0. The average molecular weight is 359 g/mol. The zero-order valence-corrected chi connectivity index (χ0v) is 14.8. The lowest BCUT2D eigenvalue weighted by Crippen LogP contribution is -2.23. The molecule has 2 N–H and O–H groups in total. The van der Waals surface area contributed by atoms with Crippen molar-refractivity contribution in [1.82, 2.24) is 15.5 Å². The Morgan fingerprint density at radius 1 is 1.00 bits per heavy atom. The molecule has 0 fully saturated rings. The molecule has 128 valence electrons. The number of nitrogens with zero attached hydrogens (tertiary/aromatic N) is 1. The Labute approximate surface area is 155 Å². The number of rotatable bonds is 5. The van der Waals surface area contributed by atoms with Gasteiger partial charge in [0.1, 0.15) is 5.69 Å². The van der Waals surface area contributed by atoms with Gasteiger partial charge in [0.2, 0.25) is 0 Å². The van der Waals surface area contributed by atoms with Crippen molar-refractivity contribution < 1.29 is 4.79 Å². The molecule has 4 nitrogen and oxygen atoms in total. The van der Waals surface area contributed by atoms with Crippen LogP contribution in [0.25, 0.3) is 22.4 Å². The zero-order chi connectivity index (χ0) is 17.8. The number of aromatic amines is 1. The maximum Gasteiger partial charge on any atom is 0.269 e. The second kappa shape index (κ2) is 7.37. The van der Waals surface area contributed by atoms with E-state index in [1.807, 2.05) is 48.5 Å². The van der Waals surface area contributed by atoms with Crippen molar-refractivity contribution in [2.24, 2.45) is 0 Å². The van der Waals surface area contributed by atoms with E-state index in [1.165, 1.54) is 5.56 Å². The van der Waals surface area contributed by atoms with Gasteiger partial charge in [-0.2, -0.15) is 16.4 Å². The number of carbonyl (C=O) groups excluding carboxylic acids is 1. The van der Waals surface area contributed by atoms with Crippen LogP contribution in [0.15, 0.2) is 77.5 Å². The van der Waals surface area contributed by atoms with Crippen LogP contribution in [0.5, 0.6) is 0 Å². The molecule has 2 heterocycles. The van der Waals surface area contributed by atoms with Crippen molar-refractivity contribution in [3.63, 3.8) is 0 Å². The van der Waals surface area contributed by atoms with E-state index in [0.29, 0.717) is 12.2 Å². The van der Waals surface area contributed by atoms with Gasteiger partial charge in [0.25, 0.3) is 5.91 Å². The molecular weight excluding hydrogens is 342 g/mol. The first kappa shape index (κ1) is 16.3. The van der Waals surface area contributed by atoms with Crippen LogP contribution >= 0.6 is 11.3 Å². The van der Waals surface area contributed by atoms with E-state index >= 15 is 0 Å². The molecule has 0 saturated carbocycles. The monoisotopic (exact) mass is 359 g/mol. The third-order valence-electron chi connectivity index (χ3n) is 4.18. The summed E-state index contributed by atoms with van der Waals surface area (Å²) in [6.45, 7) is 0.463. The smallest absolute Gasteiger partial charge is 0.269 e. The van der Waals surface area contributed by atoms with Crippen molar-refractivity contribution in [2.45, 2.75) is 6.54 Å². The van der Waals surface area contributed by atoms with Crippen LogP contribution in [0.2, 0.25) is 0 Å². The number of H-pyrrole nitrogens is 1. The van der Waals surface area contributed by atoms with Gasteiger partial charge in [-0.05, 0) is 39.6 Å². The fraction of sp³-hybridized carbons (Fsp3) is 0.0476. The highest BCUT2D eigenvalue weighted by molar-refractivity contribution is 7.08. The summed E-state index contributed by atoms with van der Waals surface area (Å²) >= 11 is 1.66. The summed E-state index contributed by atoms with van der Waals surface area (Å²) in [6, 6.07) is 21.8. The maximum atomic E-state index is 12.5. The van der Waals surface area contributed by atoms with Crippen LogP contribution in [-0.4, -0.2) is 16.1 Å². The maximum absolute atomic E-state index is 12.5. The van der Waals surface area contributed by atoms with Gasteiger partial charge in [-0.3, -0.25) is 9.89 Å². The molecule has 4 rings (SSSR count). The molecule has 0 unspecified atom stereocenters. The second-order valence-electron chi connectivity index (χ2n) is 5.88. The van der Waals surface area contributed by atoms with E-state index in [9.17, 15) is 4.79 Å². The van der Waals surface area contributed by atoms with Gasteiger partial charge in [0.15, 0.2) is 0 Å². The van der Waals surface area contributed by atoms with E-state index in [4.69, 9.17) is 0 Å². The molecule has 1 amide bonds. The Balaban J connectivity index is 1.48. The van der Waals surface area contributed by atoms with E-state index in [0.717, 1.165) is 22.4 Å². The van der Waals surface area contributed by atoms with Crippen LogP contribution < -0.4 is 5.32 Å². The van der Waals surface area contributed by atoms with Crippen molar-refractivity contribution in [2.75, 3.05) is 0 Å². The molecule has 0 saturated heterocycles. The summed E-state index contributed by atoms with van der Waals surface area (Å²) in [5, 5.41) is 14.2. The summed E-state index contributed by atoms with van der Waals surface area (Å²) in [5.74, 6) is -0.167. The SMILES string of the molecule is O=C(NCc1ccccc1-c1ccsc1)c1cc(-c2ccccc2)n[nH]1. The Kier molecular flexibility index (Phi) is 4.62. The highest BCUT2D eigenvalue weighted by Gasteiger charge is 2.12. The van der Waals surface area contributed by atoms with Gasteiger partial charge >= 0.3 is 0 Å². The molecule has 0 aliphatic rings. The molecule has 0 aliphatic carbocycles. The van der Waals surface area contributed by atoms with Crippen molar-refractivity contribution in [1.29, 1.82) is 0 Å². The predicted octanol–water partition coefficient (Wildman–Crippen LogP) is 4.74. The lowest BCUT2D eigenvalue weighted by atomic mass is 10.0. The van der Waals surface area contributed by atoms with Gasteiger partial charge in [-0.25, -0.2) is 0 Å². The fourth-order valence-electron chi connectivity index (χ4n) is 2.84. The number of nitrogens with one attached hydrogen (secondary N) is 2. The number of amides is 1. The highest BCUT2D eigenvalue weighted by Crippen LogP contribution is 2.25. The number of thiophene rings is 1. The Bertz CT molecular complexity index is 1010. The van der Waals surface area contributed by atoms with E-state index in [1.54, 1.807) is 17.4 Å². The predicted molar refractivity (Wildman–Crippen MR) is 105 cm³/mol. The summed E-state index contributed by atoms with van der Waals surface area (Å²) < 4.78 is 0. The first-order chi connectivity index (χ1) is 12.8. The number of carbonyl (C=O) groups is 1. The summed E-state index contributed by atoms with van der Waals surface area (Å²) in [5.41, 5.74) is 5.59. The third-order valence-corrected chi connectivity index (χ3v) is 4.86. The molecule has 0 radical (unpaired) electrons. The first-order valence-electron chi connectivity index (χ1n) is 8.31. The van der Waals surface area contributed by atoms with E-state index in [2.05, 4.69) is 38.4 Å². The molecule has 4 aromatic rings. The van der Waals surface area contributed by atoms with Gasteiger partial charge in [-0.15, -0.1) is 0 Å². The first-order valence-corrected chi connectivity index (χ1v) is 9.25. The molecule has 2 aromatic heterocycles. The normalized spacial score (nSPS) is 10.6. The minimum Gasteiger partial charge on any atom is -0.347 e. The Morgan fingerprint density at radius 3 is 2.62 bits per heavy atom. The Morgan fingerprint density at radius 2 is 1.81 bits per heavy atom. The third kappa shape index (κ3) is 3.43. The Hall–Kier alpha value is -3.18. The average Bonchev–Trinajstić information content (AvgIpc) is 3.39. The molecule has 26 heavy (non-hydrogen) atoms. The zero-order valence-electron chi connectivity index (χ0n) is 14.0. The number of hydrogen-bond donors (Lipinski definition) is 2. The number of hydrogen-bond acceptors (Lipinski definition) is 3. The molecule has 0 bridgehead atoms. The number of aromatic nitrogens is 2. The minimum atomic E-state index is -0.167. The molecular formula is C21H17N3OS. The topological polar surface area (TPSA) is 57.8 Å². The fourth-order valence-corrected chi connectivity index (χ4v) is 3.50. The second-order valence-corrected chi connectivity index (χ2v) is 6.66. The molecule has 0 spiro atoms. The summed E-state index contributed by atoms with van der Waals surface area (Å²) in [4.78, 5) is 12.5. The van der Waals surface area contributed by atoms with Crippen LogP contribution in [0.1, 0.15) is 16.1 Å². The minimum absolute atomic E-state index is 0.167. The molecule has 2 aromatic carbocycles. The summed E-state index contributed by atoms with van der Waals surface area (Å²) in [6.07, 6.45) is 0. The van der Waals surface area contributed by atoms with Gasteiger partial charge in [0, 0.05) is 12.1 Å². The van der Waals surface area contributed by atoms with Gasteiger partial charge < -0.3 is 5.32 Å². The lowest BCUT2D eigenvalue weighted by molar-refractivity contribution is 0.0946. The lowest BCUT2D eigenvalue weighted by Gasteiger charge is -2.09. The van der Waals surface area contributed by atoms with Crippen LogP contribution in [0.4, 0.5) is 0 Å².